The van der Waals surface area contributed by atoms with Gasteiger partial charge in [-0.15, -0.1) is 0 Å². The van der Waals surface area contributed by atoms with E-state index in [9.17, 15) is 0 Å². The first kappa shape index (κ1) is 10.5. The zero-order valence-corrected chi connectivity index (χ0v) is 9.82. The minimum atomic E-state index is 0.605. The second-order valence-corrected chi connectivity index (χ2v) is 4.51. The van der Waals surface area contributed by atoms with Gasteiger partial charge >= 0.3 is 0 Å². The van der Waals surface area contributed by atoms with Crippen LogP contribution >= 0.6 is 0 Å². The molecule has 2 aliphatic rings. The molecule has 0 amide bonds. The van der Waals surface area contributed by atoms with E-state index in [0.717, 1.165) is 37.7 Å². The number of nitrogens with zero attached hydrogens (tertiary/aromatic N) is 3. The van der Waals surface area contributed by atoms with Gasteiger partial charge in [0, 0.05) is 44.5 Å². The highest BCUT2D eigenvalue weighted by atomic mass is 15.2. The summed E-state index contributed by atoms with van der Waals surface area (Å²) in [5.74, 6) is 8.00. The molecule has 1 saturated carbocycles. The number of rotatable bonds is 1. The van der Waals surface area contributed by atoms with Crippen LogP contribution in [0.5, 0.6) is 0 Å². The standard InChI is InChI=1S/C13H16N4/c1-2-11(1)3-4-12-13(16-6-5-15-12)17-9-7-14-8-10-17/h5-6,11,14H,1-2,7-10H2. The van der Waals surface area contributed by atoms with E-state index >= 15 is 0 Å². The van der Waals surface area contributed by atoms with E-state index in [-0.39, 0.29) is 0 Å². The summed E-state index contributed by atoms with van der Waals surface area (Å²) in [6, 6.07) is 0. The van der Waals surface area contributed by atoms with Crippen molar-refractivity contribution in [3.05, 3.63) is 18.1 Å². The van der Waals surface area contributed by atoms with Gasteiger partial charge in [-0.2, -0.15) is 0 Å². The van der Waals surface area contributed by atoms with Gasteiger partial charge in [0.25, 0.3) is 0 Å². The number of aromatic nitrogens is 2. The number of nitrogens with one attached hydrogen (secondary N) is 1. The molecule has 1 saturated heterocycles. The maximum Gasteiger partial charge on any atom is 0.163 e. The Balaban J connectivity index is 1.84. The van der Waals surface area contributed by atoms with E-state index in [1.54, 1.807) is 12.4 Å². The van der Waals surface area contributed by atoms with Gasteiger partial charge in [-0.3, -0.25) is 0 Å². The number of anilines is 1. The van der Waals surface area contributed by atoms with E-state index in [0.29, 0.717) is 5.92 Å². The molecule has 4 heteroatoms. The molecule has 0 spiro atoms. The fourth-order valence-electron chi connectivity index (χ4n) is 1.93. The van der Waals surface area contributed by atoms with Crippen molar-refractivity contribution in [2.75, 3.05) is 31.1 Å². The monoisotopic (exact) mass is 228 g/mol. The highest BCUT2D eigenvalue weighted by Gasteiger charge is 2.19. The number of hydrogen-bond donors (Lipinski definition) is 1. The number of hydrogen-bond acceptors (Lipinski definition) is 4. The first-order valence-electron chi connectivity index (χ1n) is 6.22. The lowest BCUT2D eigenvalue weighted by molar-refractivity contribution is 0.584. The lowest BCUT2D eigenvalue weighted by Gasteiger charge is -2.28. The van der Waals surface area contributed by atoms with Crippen LogP contribution in [0.3, 0.4) is 0 Å². The summed E-state index contributed by atoms with van der Waals surface area (Å²) in [4.78, 5) is 11.1. The molecular formula is C13H16N4. The van der Waals surface area contributed by atoms with Gasteiger partial charge in [0.05, 0.1) is 0 Å². The van der Waals surface area contributed by atoms with Crippen LogP contribution in [0.1, 0.15) is 18.5 Å². The lowest BCUT2D eigenvalue weighted by atomic mass is 10.3. The smallest absolute Gasteiger partial charge is 0.163 e. The number of piperazine rings is 1. The molecule has 1 aromatic heterocycles. The Morgan fingerprint density at radius 3 is 2.71 bits per heavy atom. The molecule has 0 atom stereocenters. The SMILES string of the molecule is C(#CC1CC1)c1nccnc1N1CCNCC1. The van der Waals surface area contributed by atoms with Gasteiger partial charge in [-0.05, 0) is 18.8 Å². The minimum Gasteiger partial charge on any atom is -0.352 e. The average Bonchev–Trinajstić information content (AvgIpc) is 3.22. The van der Waals surface area contributed by atoms with Crippen LogP contribution in [0.4, 0.5) is 5.82 Å². The summed E-state index contributed by atoms with van der Waals surface area (Å²) >= 11 is 0. The Bertz CT molecular complexity index is 450. The van der Waals surface area contributed by atoms with Crippen molar-refractivity contribution in [3.8, 4) is 11.8 Å². The molecule has 17 heavy (non-hydrogen) atoms. The molecule has 1 aliphatic carbocycles. The topological polar surface area (TPSA) is 41.1 Å². The van der Waals surface area contributed by atoms with Crippen molar-refractivity contribution in [2.24, 2.45) is 5.92 Å². The van der Waals surface area contributed by atoms with Crippen LogP contribution in [0, 0.1) is 17.8 Å². The summed E-state index contributed by atoms with van der Waals surface area (Å²) < 4.78 is 0. The molecule has 1 N–H and O–H groups in total. The highest BCUT2D eigenvalue weighted by molar-refractivity contribution is 5.52. The van der Waals surface area contributed by atoms with Crippen LogP contribution in [0.2, 0.25) is 0 Å². The summed E-state index contributed by atoms with van der Waals surface area (Å²) in [5, 5.41) is 3.34. The summed E-state index contributed by atoms with van der Waals surface area (Å²) in [6.45, 7) is 3.98. The van der Waals surface area contributed by atoms with E-state index in [1.165, 1.54) is 12.8 Å². The molecular weight excluding hydrogens is 212 g/mol. The molecule has 0 radical (unpaired) electrons. The predicted octanol–water partition coefficient (Wildman–Crippen LogP) is 0.648. The van der Waals surface area contributed by atoms with Crippen molar-refractivity contribution in [1.82, 2.24) is 15.3 Å². The van der Waals surface area contributed by atoms with E-state index in [1.807, 2.05) is 0 Å². The van der Waals surface area contributed by atoms with Gasteiger partial charge in [0.15, 0.2) is 11.5 Å². The van der Waals surface area contributed by atoms with Crippen LogP contribution < -0.4 is 10.2 Å². The van der Waals surface area contributed by atoms with Crippen molar-refractivity contribution in [2.45, 2.75) is 12.8 Å². The van der Waals surface area contributed by atoms with Crippen molar-refractivity contribution < 1.29 is 0 Å². The lowest BCUT2D eigenvalue weighted by Crippen LogP contribution is -2.44. The molecule has 0 bridgehead atoms. The summed E-state index contributed by atoms with van der Waals surface area (Å²) in [5.41, 5.74) is 0.835. The molecule has 4 nitrogen and oxygen atoms in total. The third kappa shape index (κ3) is 2.56. The fraction of sp³-hybridized carbons (Fsp3) is 0.538. The third-order valence-electron chi connectivity index (χ3n) is 3.07. The highest BCUT2D eigenvalue weighted by Crippen LogP contribution is 2.27. The minimum absolute atomic E-state index is 0.605. The van der Waals surface area contributed by atoms with Gasteiger partial charge in [-0.1, -0.05) is 5.92 Å². The van der Waals surface area contributed by atoms with Crippen LogP contribution in [-0.2, 0) is 0 Å². The average molecular weight is 228 g/mol. The molecule has 0 aromatic carbocycles. The zero-order chi connectivity index (χ0) is 11.5. The largest absolute Gasteiger partial charge is 0.352 e. The third-order valence-corrected chi connectivity index (χ3v) is 3.07. The van der Waals surface area contributed by atoms with E-state index in [4.69, 9.17) is 0 Å². The van der Waals surface area contributed by atoms with Gasteiger partial charge in [-0.25, -0.2) is 9.97 Å². The van der Waals surface area contributed by atoms with E-state index in [2.05, 4.69) is 32.0 Å². The Labute approximate surface area is 101 Å². The Morgan fingerprint density at radius 1 is 1.18 bits per heavy atom. The van der Waals surface area contributed by atoms with Crippen LogP contribution in [0.15, 0.2) is 12.4 Å². The van der Waals surface area contributed by atoms with Crippen LogP contribution in [-0.4, -0.2) is 36.1 Å². The molecule has 3 rings (SSSR count). The summed E-state index contributed by atoms with van der Waals surface area (Å²) in [6.07, 6.45) is 5.97. The molecule has 1 aromatic rings. The first-order valence-corrected chi connectivity index (χ1v) is 6.22. The molecule has 88 valence electrons. The summed E-state index contributed by atoms with van der Waals surface area (Å²) in [7, 11) is 0. The van der Waals surface area contributed by atoms with Crippen molar-refractivity contribution in [1.29, 1.82) is 0 Å². The molecule has 0 unspecified atom stereocenters. The predicted molar refractivity (Wildman–Crippen MR) is 66.7 cm³/mol. The van der Waals surface area contributed by atoms with Gasteiger partial charge in [0.1, 0.15) is 0 Å². The molecule has 1 aliphatic heterocycles. The first-order chi connectivity index (χ1) is 8.43. The van der Waals surface area contributed by atoms with E-state index < -0.39 is 0 Å². The van der Waals surface area contributed by atoms with Crippen molar-refractivity contribution in [3.63, 3.8) is 0 Å². The maximum atomic E-state index is 4.43. The molecule has 2 fully saturated rings. The maximum absolute atomic E-state index is 4.43. The Morgan fingerprint density at radius 2 is 1.94 bits per heavy atom. The Hall–Kier alpha value is -1.60. The second-order valence-electron chi connectivity index (χ2n) is 4.51. The zero-order valence-electron chi connectivity index (χ0n) is 9.82. The normalized spacial score (nSPS) is 19.6. The van der Waals surface area contributed by atoms with Crippen LogP contribution in [0.25, 0.3) is 0 Å². The quantitative estimate of drug-likeness (QED) is 0.716. The molecule has 2 heterocycles. The fourth-order valence-corrected chi connectivity index (χ4v) is 1.93. The van der Waals surface area contributed by atoms with Crippen molar-refractivity contribution >= 4 is 5.82 Å². The Kier molecular flexibility index (Phi) is 2.93. The van der Waals surface area contributed by atoms with Gasteiger partial charge in [0.2, 0.25) is 0 Å². The van der Waals surface area contributed by atoms with Gasteiger partial charge < -0.3 is 10.2 Å². The second kappa shape index (κ2) is 4.72.